The van der Waals surface area contributed by atoms with Crippen molar-refractivity contribution in [1.82, 2.24) is 4.90 Å². The van der Waals surface area contributed by atoms with E-state index in [0.29, 0.717) is 18.4 Å². The first-order valence-corrected chi connectivity index (χ1v) is 12.3. The molecule has 0 aromatic heterocycles. The van der Waals surface area contributed by atoms with Gasteiger partial charge in [0.25, 0.3) is 0 Å². The van der Waals surface area contributed by atoms with E-state index in [9.17, 15) is 9.59 Å². The molecule has 0 bridgehead atoms. The maximum atomic E-state index is 12.3. The standard InChI is InChI=1S/C28H47NO4.BrH/c1-8-11-18-29(19-27(30)32-21-25(6)16-12-14-23(4)9-2)20-28(31)33-22-26(7)17-13-15-24(5)10-3;/h9-10,16-17,23-24H,2-3,8,11-15,18-22H2,1,4-7H3;1H. The molecule has 0 spiro atoms. The second kappa shape index (κ2) is 21.8. The third-order valence-electron chi connectivity index (χ3n) is 5.49. The lowest BCUT2D eigenvalue weighted by Crippen LogP contribution is -2.37. The molecule has 0 aliphatic rings. The van der Waals surface area contributed by atoms with Crippen molar-refractivity contribution >= 4 is 28.9 Å². The fourth-order valence-corrected chi connectivity index (χ4v) is 2.98. The summed E-state index contributed by atoms with van der Waals surface area (Å²) in [5, 5.41) is 0. The van der Waals surface area contributed by atoms with Gasteiger partial charge in [-0.15, -0.1) is 30.1 Å². The third-order valence-corrected chi connectivity index (χ3v) is 5.49. The van der Waals surface area contributed by atoms with Crippen LogP contribution in [0.3, 0.4) is 0 Å². The predicted molar refractivity (Wildman–Crippen MR) is 148 cm³/mol. The number of esters is 2. The molecule has 0 radical (unpaired) electrons. The van der Waals surface area contributed by atoms with E-state index in [0.717, 1.165) is 49.7 Å². The van der Waals surface area contributed by atoms with Gasteiger partial charge in [0.1, 0.15) is 13.2 Å². The van der Waals surface area contributed by atoms with E-state index in [1.54, 1.807) is 0 Å². The number of hydrogen-bond donors (Lipinski definition) is 0. The van der Waals surface area contributed by atoms with Crippen molar-refractivity contribution in [3.63, 3.8) is 0 Å². The summed E-state index contributed by atoms with van der Waals surface area (Å²) < 4.78 is 10.8. The molecule has 0 fully saturated rings. The number of rotatable bonds is 19. The molecule has 34 heavy (non-hydrogen) atoms. The second-order valence-electron chi connectivity index (χ2n) is 9.07. The first-order valence-electron chi connectivity index (χ1n) is 12.3. The van der Waals surface area contributed by atoms with E-state index >= 15 is 0 Å². The molecule has 196 valence electrons. The average molecular weight is 543 g/mol. The number of carbonyl (C=O) groups excluding carboxylic acids is 2. The van der Waals surface area contributed by atoms with Crippen molar-refractivity contribution in [3.05, 3.63) is 48.6 Å². The minimum atomic E-state index is -0.321. The molecule has 6 heteroatoms. The summed E-state index contributed by atoms with van der Waals surface area (Å²) >= 11 is 0. The first-order chi connectivity index (χ1) is 15.7. The van der Waals surface area contributed by atoms with Gasteiger partial charge in [0.2, 0.25) is 0 Å². The number of allylic oxidation sites excluding steroid dienone is 4. The van der Waals surface area contributed by atoms with Crippen LogP contribution < -0.4 is 0 Å². The Morgan fingerprint density at radius 1 is 0.853 bits per heavy atom. The Hall–Kier alpha value is -1.66. The second-order valence-corrected chi connectivity index (χ2v) is 9.07. The summed E-state index contributed by atoms with van der Waals surface area (Å²) in [6, 6.07) is 0. The smallest absolute Gasteiger partial charge is 0.320 e. The predicted octanol–water partition coefficient (Wildman–Crippen LogP) is 6.85. The Balaban J connectivity index is 0. The van der Waals surface area contributed by atoms with Crippen LogP contribution in [0.15, 0.2) is 48.6 Å². The zero-order valence-electron chi connectivity index (χ0n) is 22.1. The molecular weight excluding hydrogens is 494 g/mol. The molecule has 0 saturated carbocycles. The van der Waals surface area contributed by atoms with Gasteiger partial charge in [0.05, 0.1) is 13.1 Å². The number of carbonyl (C=O) groups is 2. The molecule has 0 heterocycles. The van der Waals surface area contributed by atoms with Crippen molar-refractivity contribution in [2.24, 2.45) is 11.8 Å². The zero-order valence-corrected chi connectivity index (χ0v) is 23.9. The van der Waals surface area contributed by atoms with Crippen LogP contribution in [-0.2, 0) is 19.1 Å². The summed E-state index contributed by atoms with van der Waals surface area (Å²) in [6.07, 6.45) is 13.9. The van der Waals surface area contributed by atoms with Gasteiger partial charge in [0, 0.05) is 0 Å². The molecule has 0 rings (SSSR count). The van der Waals surface area contributed by atoms with Crippen molar-refractivity contribution in [2.45, 2.75) is 73.1 Å². The Bertz CT molecular complexity index is 605. The lowest BCUT2D eigenvalue weighted by atomic mass is 10.1. The van der Waals surface area contributed by atoms with Crippen molar-refractivity contribution < 1.29 is 19.1 Å². The topological polar surface area (TPSA) is 55.8 Å². The first kappa shape index (κ1) is 34.5. The highest BCUT2D eigenvalue weighted by Crippen LogP contribution is 2.10. The summed E-state index contributed by atoms with van der Waals surface area (Å²) in [5.41, 5.74) is 2.06. The Kier molecular flexibility index (Phi) is 22.2. The van der Waals surface area contributed by atoms with Gasteiger partial charge in [-0.05, 0) is 75.5 Å². The molecule has 0 aliphatic carbocycles. The average Bonchev–Trinajstić information content (AvgIpc) is 2.79. The van der Waals surface area contributed by atoms with Gasteiger partial charge < -0.3 is 9.47 Å². The fraction of sp³-hybridized carbons (Fsp3) is 0.643. The van der Waals surface area contributed by atoms with Gasteiger partial charge in [-0.1, -0.05) is 51.5 Å². The molecule has 0 aromatic rings. The number of unbranched alkanes of at least 4 members (excludes halogenated alkanes) is 1. The molecule has 0 N–H and O–H groups in total. The summed E-state index contributed by atoms with van der Waals surface area (Å²) in [6.45, 7) is 19.3. The van der Waals surface area contributed by atoms with E-state index in [-0.39, 0.29) is 55.2 Å². The van der Waals surface area contributed by atoms with Crippen LogP contribution in [0.5, 0.6) is 0 Å². The van der Waals surface area contributed by atoms with Gasteiger partial charge in [-0.3, -0.25) is 14.5 Å². The molecule has 0 aliphatic heterocycles. The maximum Gasteiger partial charge on any atom is 0.320 e. The van der Waals surface area contributed by atoms with E-state index in [4.69, 9.17) is 9.47 Å². The molecule has 2 unspecified atom stereocenters. The van der Waals surface area contributed by atoms with Crippen LogP contribution in [0, 0.1) is 11.8 Å². The largest absolute Gasteiger partial charge is 0.460 e. The highest BCUT2D eigenvalue weighted by molar-refractivity contribution is 8.93. The zero-order chi connectivity index (χ0) is 25.1. The van der Waals surface area contributed by atoms with Gasteiger partial charge in [-0.25, -0.2) is 0 Å². The summed E-state index contributed by atoms with van der Waals surface area (Å²) in [5.74, 6) is 0.310. The lowest BCUT2D eigenvalue weighted by Gasteiger charge is -2.20. The van der Waals surface area contributed by atoms with Crippen LogP contribution in [-0.4, -0.2) is 49.7 Å². The lowest BCUT2D eigenvalue weighted by molar-refractivity contribution is -0.147. The van der Waals surface area contributed by atoms with Crippen LogP contribution in [0.2, 0.25) is 0 Å². The van der Waals surface area contributed by atoms with Crippen LogP contribution in [0.4, 0.5) is 0 Å². The Morgan fingerprint density at radius 2 is 1.26 bits per heavy atom. The van der Waals surface area contributed by atoms with Crippen molar-refractivity contribution in [1.29, 1.82) is 0 Å². The van der Waals surface area contributed by atoms with Gasteiger partial charge in [0.15, 0.2) is 0 Å². The number of nitrogens with zero attached hydrogens (tertiary/aromatic N) is 1. The summed E-state index contributed by atoms with van der Waals surface area (Å²) in [4.78, 5) is 26.5. The maximum absolute atomic E-state index is 12.3. The highest BCUT2D eigenvalue weighted by Gasteiger charge is 2.16. The van der Waals surface area contributed by atoms with Crippen molar-refractivity contribution in [3.8, 4) is 0 Å². The van der Waals surface area contributed by atoms with Crippen LogP contribution in [0.25, 0.3) is 0 Å². The molecule has 0 saturated heterocycles. The Labute approximate surface area is 219 Å². The van der Waals surface area contributed by atoms with Gasteiger partial charge in [-0.2, -0.15) is 0 Å². The number of ether oxygens (including phenoxy) is 2. The van der Waals surface area contributed by atoms with E-state index in [1.165, 1.54) is 0 Å². The molecule has 0 amide bonds. The molecule has 0 aromatic carbocycles. The SMILES string of the molecule is Br.C=CC(C)CCC=C(C)COC(=O)CN(CCCC)CC(=O)OCC(C)=CCCC(C)C=C. The van der Waals surface area contributed by atoms with Gasteiger partial charge >= 0.3 is 11.9 Å². The van der Waals surface area contributed by atoms with E-state index in [1.807, 2.05) is 30.9 Å². The fourth-order valence-electron chi connectivity index (χ4n) is 2.98. The Morgan fingerprint density at radius 3 is 1.62 bits per heavy atom. The minimum Gasteiger partial charge on any atom is -0.460 e. The number of halogens is 1. The molecule has 5 nitrogen and oxygen atoms in total. The monoisotopic (exact) mass is 541 g/mol. The minimum absolute atomic E-state index is 0. The summed E-state index contributed by atoms with van der Waals surface area (Å²) in [7, 11) is 0. The van der Waals surface area contributed by atoms with E-state index < -0.39 is 0 Å². The molecule has 2 atom stereocenters. The van der Waals surface area contributed by atoms with Crippen molar-refractivity contribution in [2.75, 3.05) is 32.8 Å². The highest BCUT2D eigenvalue weighted by atomic mass is 79.9. The quantitative estimate of drug-likeness (QED) is 0.132. The van der Waals surface area contributed by atoms with Crippen LogP contribution >= 0.6 is 17.0 Å². The normalized spacial score (nSPS) is 13.6. The van der Waals surface area contributed by atoms with E-state index in [2.05, 4.69) is 46.1 Å². The van der Waals surface area contributed by atoms with Crippen LogP contribution in [0.1, 0.15) is 73.1 Å². The number of hydrogen-bond acceptors (Lipinski definition) is 5. The molecular formula is C28H48BrNO4. The third kappa shape index (κ3) is 19.8.